The van der Waals surface area contributed by atoms with Gasteiger partial charge in [-0.25, -0.2) is 0 Å². The number of halogens is 1. The highest BCUT2D eigenvalue weighted by Crippen LogP contribution is 2.19. The minimum Gasteiger partial charge on any atom is -0.352 e. The minimum atomic E-state index is -0.796. The zero-order chi connectivity index (χ0) is 14.4. The molecule has 0 spiro atoms. The second-order valence-corrected chi connectivity index (χ2v) is 5.10. The molecule has 5 heteroatoms. The second-order valence-electron chi connectivity index (χ2n) is 4.67. The van der Waals surface area contributed by atoms with Crippen molar-refractivity contribution >= 4 is 23.4 Å². The van der Waals surface area contributed by atoms with Crippen LogP contribution in [0.1, 0.15) is 31.7 Å². The van der Waals surface area contributed by atoms with Crippen LogP contribution in [-0.4, -0.2) is 23.9 Å². The Hall–Kier alpha value is -1.55. The summed E-state index contributed by atoms with van der Waals surface area (Å²) in [5.41, 5.74) is 0.707. The fourth-order valence-corrected chi connectivity index (χ4v) is 1.74. The van der Waals surface area contributed by atoms with Crippen LogP contribution in [-0.2, 0) is 9.59 Å². The van der Waals surface area contributed by atoms with Crippen molar-refractivity contribution in [2.75, 3.05) is 0 Å². The molecule has 2 unspecified atom stereocenters. The van der Waals surface area contributed by atoms with Gasteiger partial charge in [-0.2, -0.15) is 0 Å². The Morgan fingerprint density at radius 1 is 1.00 bits per heavy atom. The molecule has 2 atom stereocenters. The van der Waals surface area contributed by atoms with E-state index in [1.54, 1.807) is 19.1 Å². The van der Waals surface area contributed by atoms with E-state index < -0.39 is 11.4 Å². The Balaban J connectivity index is 2.57. The van der Waals surface area contributed by atoms with Gasteiger partial charge in [-0.15, -0.1) is 11.6 Å². The molecular formula is C14H19ClN2O2. The molecule has 0 heterocycles. The molecular weight excluding hydrogens is 264 g/mol. The van der Waals surface area contributed by atoms with Gasteiger partial charge >= 0.3 is 0 Å². The van der Waals surface area contributed by atoms with E-state index in [-0.39, 0.29) is 17.9 Å². The van der Waals surface area contributed by atoms with Crippen LogP contribution in [0.2, 0.25) is 0 Å². The van der Waals surface area contributed by atoms with E-state index in [1.807, 2.05) is 32.0 Å². The summed E-state index contributed by atoms with van der Waals surface area (Å²) in [6.07, 6.45) is 0. The maximum absolute atomic E-state index is 11.9. The largest absolute Gasteiger partial charge is 0.352 e. The Labute approximate surface area is 118 Å². The predicted octanol–water partition coefficient (Wildman–Crippen LogP) is 2.00. The first kappa shape index (κ1) is 15.5. The summed E-state index contributed by atoms with van der Waals surface area (Å²) in [6, 6.07) is 8.45. The van der Waals surface area contributed by atoms with Gasteiger partial charge in [-0.1, -0.05) is 30.3 Å². The maximum Gasteiger partial charge on any atom is 0.243 e. The van der Waals surface area contributed by atoms with Crippen LogP contribution in [0.15, 0.2) is 30.3 Å². The van der Waals surface area contributed by atoms with Gasteiger partial charge in [0.2, 0.25) is 11.8 Å². The van der Waals surface area contributed by atoms with Crippen LogP contribution in [0.25, 0.3) is 0 Å². The lowest BCUT2D eigenvalue weighted by Crippen LogP contribution is -2.47. The molecule has 19 heavy (non-hydrogen) atoms. The van der Waals surface area contributed by atoms with Crippen molar-refractivity contribution in [3.63, 3.8) is 0 Å². The van der Waals surface area contributed by atoms with Crippen LogP contribution in [0, 0.1) is 0 Å². The summed E-state index contributed by atoms with van der Waals surface area (Å²) >= 11 is 6.07. The molecule has 1 aromatic carbocycles. The number of carbonyl (C=O) groups is 2. The Kier molecular flexibility index (Phi) is 5.83. The summed E-state index contributed by atoms with van der Waals surface area (Å²) in [5.74, 6) is -0.598. The maximum atomic E-state index is 11.9. The van der Waals surface area contributed by atoms with Crippen molar-refractivity contribution in [2.24, 2.45) is 0 Å². The molecule has 0 fully saturated rings. The van der Waals surface area contributed by atoms with Gasteiger partial charge in [-0.05, 0) is 26.3 Å². The van der Waals surface area contributed by atoms with Gasteiger partial charge in [0.05, 0.1) is 0 Å². The van der Waals surface area contributed by atoms with Crippen LogP contribution in [0.5, 0.6) is 0 Å². The monoisotopic (exact) mass is 282 g/mol. The lowest BCUT2D eigenvalue weighted by molar-refractivity contribution is -0.128. The standard InChI is InChI=1S/C14H19ClN2O2/c1-9(2)16-13(18)10(3)17-14(19)12(15)11-7-5-4-6-8-11/h4-10,12H,1-3H3,(H,16,18)(H,17,19). The fraction of sp³-hybridized carbons (Fsp3) is 0.429. The van der Waals surface area contributed by atoms with Crippen molar-refractivity contribution in [3.8, 4) is 0 Å². The molecule has 0 radical (unpaired) electrons. The van der Waals surface area contributed by atoms with E-state index in [0.29, 0.717) is 5.56 Å². The SMILES string of the molecule is CC(C)NC(=O)C(C)NC(=O)C(Cl)c1ccccc1. The number of alkyl halides is 1. The summed E-state index contributed by atoms with van der Waals surface area (Å²) in [4.78, 5) is 23.6. The molecule has 0 aromatic heterocycles. The molecule has 0 bridgehead atoms. The summed E-state index contributed by atoms with van der Waals surface area (Å²) in [7, 11) is 0. The third-order valence-electron chi connectivity index (χ3n) is 2.51. The highest BCUT2D eigenvalue weighted by molar-refractivity contribution is 6.30. The zero-order valence-corrected chi connectivity index (χ0v) is 12.1. The summed E-state index contributed by atoms with van der Waals surface area (Å²) in [6.45, 7) is 5.35. The molecule has 2 N–H and O–H groups in total. The van der Waals surface area contributed by atoms with Crippen molar-refractivity contribution in [1.29, 1.82) is 0 Å². The number of carbonyl (C=O) groups excluding carboxylic acids is 2. The minimum absolute atomic E-state index is 0.0350. The molecule has 0 aliphatic carbocycles. The van der Waals surface area contributed by atoms with Crippen molar-refractivity contribution < 1.29 is 9.59 Å². The molecule has 0 saturated heterocycles. The quantitative estimate of drug-likeness (QED) is 0.812. The lowest BCUT2D eigenvalue weighted by Gasteiger charge is -2.18. The molecule has 4 nitrogen and oxygen atoms in total. The number of rotatable bonds is 5. The molecule has 1 aromatic rings. The highest BCUT2D eigenvalue weighted by atomic mass is 35.5. The predicted molar refractivity (Wildman–Crippen MR) is 75.9 cm³/mol. The molecule has 1 rings (SSSR count). The fourth-order valence-electron chi connectivity index (χ4n) is 1.53. The first-order valence-electron chi connectivity index (χ1n) is 6.21. The Morgan fingerprint density at radius 3 is 2.11 bits per heavy atom. The van der Waals surface area contributed by atoms with E-state index in [1.165, 1.54) is 0 Å². The first-order chi connectivity index (χ1) is 8.91. The van der Waals surface area contributed by atoms with E-state index >= 15 is 0 Å². The first-order valence-corrected chi connectivity index (χ1v) is 6.65. The summed E-state index contributed by atoms with van der Waals surface area (Å²) < 4.78 is 0. The number of amides is 2. The number of benzene rings is 1. The average molecular weight is 283 g/mol. The third kappa shape index (κ3) is 4.91. The smallest absolute Gasteiger partial charge is 0.243 e. The van der Waals surface area contributed by atoms with Gasteiger partial charge in [0.15, 0.2) is 0 Å². The van der Waals surface area contributed by atoms with E-state index in [4.69, 9.17) is 11.6 Å². The van der Waals surface area contributed by atoms with Crippen LogP contribution < -0.4 is 10.6 Å². The molecule has 2 amide bonds. The van der Waals surface area contributed by atoms with Crippen molar-refractivity contribution in [2.45, 2.75) is 38.2 Å². The van der Waals surface area contributed by atoms with Gasteiger partial charge < -0.3 is 10.6 Å². The van der Waals surface area contributed by atoms with E-state index in [0.717, 1.165) is 0 Å². The molecule has 0 aliphatic heterocycles. The summed E-state index contributed by atoms with van der Waals surface area (Å²) in [5, 5.41) is 4.53. The topological polar surface area (TPSA) is 58.2 Å². The van der Waals surface area contributed by atoms with Crippen molar-refractivity contribution in [1.82, 2.24) is 10.6 Å². The molecule has 0 saturated carbocycles. The highest BCUT2D eigenvalue weighted by Gasteiger charge is 2.22. The Bertz CT molecular complexity index is 434. The van der Waals surface area contributed by atoms with Crippen molar-refractivity contribution in [3.05, 3.63) is 35.9 Å². The van der Waals surface area contributed by atoms with Gasteiger partial charge in [0, 0.05) is 6.04 Å². The lowest BCUT2D eigenvalue weighted by atomic mass is 10.1. The molecule has 0 aliphatic rings. The van der Waals surface area contributed by atoms with Gasteiger partial charge in [0.1, 0.15) is 11.4 Å². The van der Waals surface area contributed by atoms with Gasteiger partial charge in [0.25, 0.3) is 0 Å². The van der Waals surface area contributed by atoms with E-state index in [2.05, 4.69) is 10.6 Å². The third-order valence-corrected chi connectivity index (χ3v) is 2.96. The number of hydrogen-bond acceptors (Lipinski definition) is 2. The molecule has 104 valence electrons. The van der Waals surface area contributed by atoms with Crippen LogP contribution in [0.3, 0.4) is 0 Å². The van der Waals surface area contributed by atoms with Crippen LogP contribution >= 0.6 is 11.6 Å². The van der Waals surface area contributed by atoms with Gasteiger partial charge in [-0.3, -0.25) is 9.59 Å². The second kappa shape index (κ2) is 7.14. The normalized spacial score (nSPS) is 13.7. The van der Waals surface area contributed by atoms with Crippen LogP contribution in [0.4, 0.5) is 0 Å². The zero-order valence-electron chi connectivity index (χ0n) is 11.3. The average Bonchev–Trinajstić information content (AvgIpc) is 2.37. The number of hydrogen-bond donors (Lipinski definition) is 2. The Morgan fingerprint density at radius 2 is 1.58 bits per heavy atom. The number of nitrogens with one attached hydrogen (secondary N) is 2. The van der Waals surface area contributed by atoms with E-state index in [9.17, 15) is 9.59 Å².